The molecule has 0 atom stereocenters. The van der Waals surface area contributed by atoms with Gasteiger partial charge in [0.1, 0.15) is 6.29 Å². The first-order valence-corrected chi connectivity index (χ1v) is 3.09. The van der Waals surface area contributed by atoms with E-state index in [9.17, 15) is 14.9 Å². The predicted octanol–water partition coefficient (Wildman–Crippen LogP) is 1.40. The summed E-state index contributed by atoms with van der Waals surface area (Å²) in [5, 5.41) is 10.3. The first kappa shape index (κ1) is 8.19. The van der Waals surface area contributed by atoms with Gasteiger partial charge < -0.3 is 4.42 Å². The van der Waals surface area contributed by atoms with Crippen molar-refractivity contribution in [1.29, 1.82) is 0 Å². The van der Waals surface area contributed by atoms with Gasteiger partial charge in [-0.15, -0.1) is 0 Å². The van der Waals surface area contributed by atoms with Gasteiger partial charge in [-0.25, -0.2) is 0 Å². The number of allylic oxidation sites excluding steroid dienone is 1. The van der Waals surface area contributed by atoms with E-state index in [1.807, 2.05) is 0 Å². The zero-order valence-corrected chi connectivity index (χ0v) is 5.97. The van der Waals surface area contributed by atoms with E-state index >= 15 is 0 Å². The van der Waals surface area contributed by atoms with E-state index in [0.29, 0.717) is 6.29 Å². The molecule has 0 aliphatic heterocycles. The van der Waals surface area contributed by atoms with Gasteiger partial charge in [0.2, 0.25) is 5.76 Å². The van der Waals surface area contributed by atoms with Gasteiger partial charge in [-0.3, -0.25) is 14.9 Å². The Morgan fingerprint density at radius 3 is 2.92 bits per heavy atom. The molecule has 62 valence electrons. The third-order valence-electron chi connectivity index (χ3n) is 1.20. The Hall–Kier alpha value is -1.91. The molecule has 0 aliphatic carbocycles. The van der Waals surface area contributed by atoms with Crippen molar-refractivity contribution in [3.8, 4) is 0 Å². The normalized spacial score (nSPS) is 10.3. The number of hydrogen-bond acceptors (Lipinski definition) is 4. The lowest BCUT2D eigenvalue weighted by Gasteiger charge is -1.85. The van der Waals surface area contributed by atoms with Gasteiger partial charge in [0.15, 0.2) is 0 Å². The van der Waals surface area contributed by atoms with E-state index in [1.165, 1.54) is 18.4 Å². The van der Waals surface area contributed by atoms with Crippen molar-refractivity contribution in [3.05, 3.63) is 34.3 Å². The fourth-order valence-electron chi connectivity index (χ4n) is 0.716. The summed E-state index contributed by atoms with van der Waals surface area (Å²) in [5.74, 6) is 0.0760. The Morgan fingerprint density at radius 2 is 2.33 bits per heavy atom. The van der Waals surface area contributed by atoms with Crippen LogP contribution in [0.1, 0.15) is 5.76 Å². The molecule has 1 aromatic rings. The molecule has 0 saturated heterocycles. The van der Waals surface area contributed by atoms with Crippen molar-refractivity contribution in [2.75, 3.05) is 0 Å². The molecule has 5 heteroatoms. The van der Waals surface area contributed by atoms with Crippen LogP contribution in [0.2, 0.25) is 0 Å². The third-order valence-corrected chi connectivity index (χ3v) is 1.20. The van der Waals surface area contributed by atoms with Crippen molar-refractivity contribution in [2.45, 2.75) is 0 Å². The van der Waals surface area contributed by atoms with E-state index in [0.717, 1.165) is 6.08 Å². The summed E-state index contributed by atoms with van der Waals surface area (Å²) in [7, 11) is 0. The summed E-state index contributed by atoms with van der Waals surface area (Å²) in [6.07, 6.45) is 4.09. The SMILES string of the molecule is O=CC=Cc1occc1[N+](=O)[O-]. The summed E-state index contributed by atoms with van der Waals surface area (Å²) in [6.45, 7) is 0. The molecule has 12 heavy (non-hydrogen) atoms. The van der Waals surface area contributed by atoms with Crippen LogP contribution in [0.3, 0.4) is 0 Å². The minimum Gasteiger partial charge on any atom is -0.457 e. The van der Waals surface area contributed by atoms with Gasteiger partial charge in [-0.1, -0.05) is 0 Å². The van der Waals surface area contributed by atoms with Crippen LogP contribution < -0.4 is 0 Å². The maximum Gasteiger partial charge on any atom is 0.314 e. The van der Waals surface area contributed by atoms with Crippen molar-refractivity contribution in [3.63, 3.8) is 0 Å². The lowest BCUT2D eigenvalue weighted by molar-refractivity contribution is -0.385. The number of hydrogen-bond donors (Lipinski definition) is 0. The molecule has 0 fully saturated rings. The zero-order valence-electron chi connectivity index (χ0n) is 5.97. The molecule has 0 radical (unpaired) electrons. The number of carbonyl (C=O) groups excluding carboxylic acids is 1. The Kier molecular flexibility index (Phi) is 2.37. The summed E-state index contributed by atoms with van der Waals surface area (Å²) < 4.78 is 4.74. The maximum atomic E-state index is 10.3. The highest BCUT2D eigenvalue weighted by Crippen LogP contribution is 2.20. The monoisotopic (exact) mass is 167 g/mol. The second kappa shape index (κ2) is 3.47. The predicted molar refractivity (Wildman–Crippen MR) is 40.5 cm³/mol. The Labute approximate surface area is 67.4 Å². The van der Waals surface area contributed by atoms with E-state index in [2.05, 4.69) is 0 Å². The van der Waals surface area contributed by atoms with Gasteiger partial charge in [-0.2, -0.15) is 0 Å². The molecule has 0 aliphatic rings. The largest absolute Gasteiger partial charge is 0.457 e. The minimum atomic E-state index is -0.575. The first-order valence-electron chi connectivity index (χ1n) is 3.09. The molecule has 1 rings (SSSR count). The standard InChI is InChI=1S/C7H5NO4/c9-4-1-2-7-6(8(10)11)3-5-12-7/h1-5H. The number of nitro groups is 1. The number of aldehydes is 1. The quantitative estimate of drug-likeness (QED) is 0.295. The molecular weight excluding hydrogens is 162 g/mol. The Bertz CT molecular complexity index is 326. The lowest BCUT2D eigenvalue weighted by atomic mass is 10.3. The first-order chi connectivity index (χ1) is 5.75. The average molecular weight is 167 g/mol. The topological polar surface area (TPSA) is 73.3 Å². The average Bonchev–Trinajstić information content (AvgIpc) is 2.48. The molecule has 0 N–H and O–H groups in total. The summed E-state index contributed by atoms with van der Waals surface area (Å²) in [5.41, 5.74) is -0.145. The second-order valence-electron chi connectivity index (χ2n) is 1.92. The van der Waals surface area contributed by atoms with Crippen LogP contribution in [0.25, 0.3) is 6.08 Å². The van der Waals surface area contributed by atoms with Crippen LogP contribution in [-0.2, 0) is 4.79 Å². The van der Waals surface area contributed by atoms with Crippen LogP contribution in [0.4, 0.5) is 5.69 Å². The summed E-state index contributed by atoms with van der Waals surface area (Å²) >= 11 is 0. The smallest absolute Gasteiger partial charge is 0.314 e. The molecular formula is C7H5NO4. The van der Waals surface area contributed by atoms with Crippen LogP contribution in [-0.4, -0.2) is 11.2 Å². The van der Waals surface area contributed by atoms with Crippen LogP contribution in [0.5, 0.6) is 0 Å². The van der Waals surface area contributed by atoms with E-state index in [4.69, 9.17) is 4.42 Å². The fourth-order valence-corrected chi connectivity index (χ4v) is 0.716. The number of nitrogens with zero attached hydrogens (tertiary/aromatic N) is 1. The van der Waals surface area contributed by atoms with Gasteiger partial charge >= 0.3 is 5.69 Å². The maximum absolute atomic E-state index is 10.3. The van der Waals surface area contributed by atoms with Crippen LogP contribution >= 0.6 is 0 Å². The van der Waals surface area contributed by atoms with Crippen molar-refractivity contribution in [2.24, 2.45) is 0 Å². The van der Waals surface area contributed by atoms with Gasteiger partial charge in [-0.05, 0) is 12.2 Å². The number of rotatable bonds is 3. The van der Waals surface area contributed by atoms with Crippen molar-refractivity contribution in [1.82, 2.24) is 0 Å². The molecule has 0 unspecified atom stereocenters. The molecule has 0 amide bonds. The van der Waals surface area contributed by atoms with Gasteiger partial charge in [0, 0.05) is 0 Å². The highest BCUT2D eigenvalue weighted by Gasteiger charge is 2.13. The van der Waals surface area contributed by atoms with E-state index in [-0.39, 0.29) is 11.4 Å². The van der Waals surface area contributed by atoms with Gasteiger partial charge in [0.25, 0.3) is 0 Å². The molecule has 5 nitrogen and oxygen atoms in total. The molecule has 0 spiro atoms. The van der Waals surface area contributed by atoms with Crippen LogP contribution in [0, 0.1) is 10.1 Å². The van der Waals surface area contributed by atoms with Crippen molar-refractivity contribution >= 4 is 18.0 Å². The molecule has 1 aromatic heterocycles. The molecule has 0 aromatic carbocycles. The minimum absolute atomic E-state index is 0.0760. The van der Waals surface area contributed by atoms with Crippen molar-refractivity contribution < 1.29 is 14.1 Å². The zero-order chi connectivity index (χ0) is 8.97. The lowest BCUT2D eigenvalue weighted by Crippen LogP contribution is -1.86. The fraction of sp³-hybridized carbons (Fsp3) is 0. The Balaban J connectivity index is 2.99. The summed E-state index contributed by atoms with van der Waals surface area (Å²) in [6, 6.07) is 1.23. The van der Waals surface area contributed by atoms with E-state index < -0.39 is 4.92 Å². The molecule has 0 saturated carbocycles. The van der Waals surface area contributed by atoms with E-state index in [1.54, 1.807) is 0 Å². The second-order valence-corrected chi connectivity index (χ2v) is 1.92. The number of furan rings is 1. The number of carbonyl (C=O) groups is 1. The highest BCUT2D eigenvalue weighted by molar-refractivity contribution is 5.74. The third kappa shape index (κ3) is 1.57. The molecule has 1 heterocycles. The van der Waals surface area contributed by atoms with Gasteiger partial charge in [0.05, 0.1) is 17.3 Å². The highest BCUT2D eigenvalue weighted by atomic mass is 16.6. The molecule has 0 bridgehead atoms. The Morgan fingerprint density at radius 1 is 1.58 bits per heavy atom. The van der Waals surface area contributed by atoms with Crippen LogP contribution in [0.15, 0.2) is 22.8 Å². The summed E-state index contributed by atoms with van der Waals surface area (Å²) in [4.78, 5) is 19.6.